The maximum absolute atomic E-state index is 9.60. The first-order valence-electron chi connectivity index (χ1n) is 6.21. The van der Waals surface area contributed by atoms with Crippen LogP contribution in [0.4, 0.5) is 0 Å². The zero-order valence-electron chi connectivity index (χ0n) is 10.4. The SMILES string of the molecule is CCCC(O)CNCc1cn2cc(Cl)ccc2n1. The molecule has 5 heteroatoms. The van der Waals surface area contributed by atoms with Crippen LogP contribution in [0.25, 0.3) is 5.65 Å². The fourth-order valence-electron chi connectivity index (χ4n) is 1.90. The van der Waals surface area contributed by atoms with Crippen molar-refractivity contribution in [2.75, 3.05) is 6.54 Å². The van der Waals surface area contributed by atoms with Gasteiger partial charge in [0.25, 0.3) is 0 Å². The molecule has 2 aromatic rings. The van der Waals surface area contributed by atoms with Gasteiger partial charge in [-0.3, -0.25) is 0 Å². The number of nitrogens with one attached hydrogen (secondary N) is 1. The Kier molecular flexibility index (Phi) is 4.58. The third kappa shape index (κ3) is 3.45. The van der Waals surface area contributed by atoms with Crippen molar-refractivity contribution in [3.05, 3.63) is 35.2 Å². The van der Waals surface area contributed by atoms with Gasteiger partial charge >= 0.3 is 0 Å². The number of imidazole rings is 1. The van der Waals surface area contributed by atoms with Gasteiger partial charge in [-0.1, -0.05) is 24.9 Å². The van der Waals surface area contributed by atoms with Crippen LogP contribution < -0.4 is 5.32 Å². The van der Waals surface area contributed by atoms with Gasteiger partial charge in [0.2, 0.25) is 0 Å². The number of pyridine rings is 1. The Morgan fingerprint density at radius 3 is 3.06 bits per heavy atom. The summed E-state index contributed by atoms with van der Waals surface area (Å²) in [6, 6.07) is 3.71. The maximum atomic E-state index is 9.60. The second-order valence-corrected chi connectivity index (χ2v) is 4.85. The van der Waals surface area contributed by atoms with Crippen LogP contribution in [-0.4, -0.2) is 27.1 Å². The average molecular weight is 268 g/mol. The van der Waals surface area contributed by atoms with Gasteiger partial charge in [-0.2, -0.15) is 0 Å². The highest BCUT2D eigenvalue weighted by atomic mass is 35.5. The van der Waals surface area contributed by atoms with Crippen molar-refractivity contribution in [1.82, 2.24) is 14.7 Å². The van der Waals surface area contributed by atoms with E-state index in [0.717, 1.165) is 24.2 Å². The quantitative estimate of drug-likeness (QED) is 0.844. The lowest BCUT2D eigenvalue weighted by atomic mass is 10.2. The molecular weight excluding hydrogens is 250 g/mol. The number of rotatable bonds is 6. The van der Waals surface area contributed by atoms with E-state index in [1.54, 1.807) is 0 Å². The van der Waals surface area contributed by atoms with Gasteiger partial charge < -0.3 is 14.8 Å². The van der Waals surface area contributed by atoms with Crippen molar-refractivity contribution in [3.8, 4) is 0 Å². The molecule has 1 atom stereocenters. The third-order valence-electron chi connectivity index (χ3n) is 2.77. The van der Waals surface area contributed by atoms with Gasteiger partial charge in [0.15, 0.2) is 0 Å². The highest BCUT2D eigenvalue weighted by Crippen LogP contribution is 2.11. The predicted octanol–water partition coefficient (Wildman–Crippen LogP) is 2.24. The molecule has 0 amide bonds. The second-order valence-electron chi connectivity index (χ2n) is 4.42. The van der Waals surface area contributed by atoms with Gasteiger partial charge in [0, 0.05) is 25.5 Å². The number of aliphatic hydroxyl groups is 1. The number of aromatic nitrogens is 2. The van der Waals surface area contributed by atoms with Crippen molar-refractivity contribution in [1.29, 1.82) is 0 Å². The Morgan fingerprint density at radius 1 is 1.44 bits per heavy atom. The molecule has 1 unspecified atom stereocenters. The molecule has 2 N–H and O–H groups in total. The minimum absolute atomic E-state index is 0.276. The predicted molar refractivity (Wildman–Crippen MR) is 72.8 cm³/mol. The Hall–Kier alpha value is -1.10. The van der Waals surface area contributed by atoms with E-state index in [9.17, 15) is 5.11 Å². The molecule has 0 aliphatic rings. The van der Waals surface area contributed by atoms with E-state index in [0.29, 0.717) is 18.1 Å². The molecule has 0 saturated heterocycles. The smallest absolute Gasteiger partial charge is 0.137 e. The summed E-state index contributed by atoms with van der Waals surface area (Å²) < 4.78 is 1.90. The lowest BCUT2D eigenvalue weighted by Gasteiger charge is -2.09. The van der Waals surface area contributed by atoms with Crippen molar-refractivity contribution in [2.45, 2.75) is 32.4 Å². The molecule has 0 aliphatic carbocycles. The largest absolute Gasteiger partial charge is 0.392 e. The highest BCUT2D eigenvalue weighted by Gasteiger charge is 2.04. The van der Waals surface area contributed by atoms with E-state index in [1.807, 2.05) is 28.9 Å². The fourth-order valence-corrected chi connectivity index (χ4v) is 2.07. The van der Waals surface area contributed by atoms with Gasteiger partial charge in [-0.05, 0) is 18.6 Å². The van der Waals surface area contributed by atoms with Gasteiger partial charge in [0.05, 0.1) is 16.8 Å². The molecular formula is C13H18ClN3O. The number of fused-ring (bicyclic) bond motifs is 1. The normalized spacial score (nSPS) is 13.1. The topological polar surface area (TPSA) is 49.6 Å². The van der Waals surface area contributed by atoms with Gasteiger partial charge in [-0.25, -0.2) is 4.98 Å². The van der Waals surface area contributed by atoms with Gasteiger partial charge in [-0.15, -0.1) is 0 Å². The van der Waals surface area contributed by atoms with Crippen LogP contribution >= 0.6 is 11.6 Å². The molecule has 0 spiro atoms. The average Bonchev–Trinajstić information content (AvgIpc) is 2.71. The number of hydrogen-bond acceptors (Lipinski definition) is 3. The summed E-state index contributed by atoms with van der Waals surface area (Å²) in [6.45, 7) is 3.32. The maximum Gasteiger partial charge on any atom is 0.137 e. The van der Waals surface area contributed by atoms with Crippen LogP contribution in [0.2, 0.25) is 5.02 Å². The fraction of sp³-hybridized carbons (Fsp3) is 0.462. The van der Waals surface area contributed by atoms with Crippen LogP contribution in [0, 0.1) is 0 Å². The molecule has 0 aliphatic heterocycles. The Morgan fingerprint density at radius 2 is 2.28 bits per heavy atom. The van der Waals surface area contributed by atoms with E-state index in [2.05, 4.69) is 17.2 Å². The minimum atomic E-state index is -0.276. The van der Waals surface area contributed by atoms with Crippen LogP contribution in [0.15, 0.2) is 24.5 Å². The lowest BCUT2D eigenvalue weighted by Crippen LogP contribution is -2.26. The lowest BCUT2D eigenvalue weighted by molar-refractivity contribution is 0.160. The van der Waals surface area contributed by atoms with E-state index >= 15 is 0 Å². The summed E-state index contributed by atoms with van der Waals surface area (Å²) in [4.78, 5) is 4.46. The molecule has 0 fully saturated rings. The van der Waals surface area contributed by atoms with Crippen LogP contribution in [0.1, 0.15) is 25.5 Å². The van der Waals surface area contributed by atoms with Gasteiger partial charge in [0.1, 0.15) is 5.65 Å². The summed E-state index contributed by atoms with van der Waals surface area (Å²) in [5, 5.41) is 13.5. The van der Waals surface area contributed by atoms with Crippen molar-refractivity contribution in [2.24, 2.45) is 0 Å². The summed E-state index contributed by atoms with van der Waals surface area (Å²) >= 11 is 5.91. The minimum Gasteiger partial charge on any atom is -0.392 e. The van der Waals surface area contributed by atoms with Crippen molar-refractivity contribution in [3.63, 3.8) is 0 Å². The highest BCUT2D eigenvalue weighted by molar-refractivity contribution is 6.30. The number of aliphatic hydroxyl groups excluding tert-OH is 1. The molecule has 98 valence electrons. The van der Waals surface area contributed by atoms with E-state index < -0.39 is 0 Å². The number of halogens is 1. The zero-order valence-corrected chi connectivity index (χ0v) is 11.2. The molecule has 0 radical (unpaired) electrons. The summed E-state index contributed by atoms with van der Waals surface area (Å²) in [7, 11) is 0. The molecule has 0 bridgehead atoms. The molecule has 18 heavy (non-hydrogen) atoms. The molecule has 4 nitrogen and oxygen atoms in total. The molecule has 2 aromatic heterocycles. The van der Waals surface area contributed by atoms with Crippen LogP contribution in [0.3, 0.4) is 0 Å². The summed E-state index contributed by atoms with van der Waals surface area (Å²) in [6.07, 6.45) is 5.32. The van der Waals surface area contributed by atoms with E-state index in [-0.39, 0.29) is 6.10 Å². The third-order valence-corrected chi connectivity index (χ3v) is 3.00. The summed E-state index contributed by atoms with van der Waals surface area (Å²) in [5.74, 6) is 0. The Bertz CT molecular complexity index is 512. The Labute approximate surface area is 112 Å². The first-order valence-corrected chi connectivity index (χ1v) is 6.58. The standard InChI is InChI=1S/C13H18ClN3O/c1-2-3-12(18)7-15-6-11-9-17-8-10(14)4-5-13(17)16-11/h4-5,8-9,12,15,18H,2-3,6-7H2,1H3. The van der Waals surface area contributed by atoms with E-state index in [1.165, 1.54) is 0 Å². The second kappa shape index (κ2) is 6.18. The van der Waals surface area contributed by atoms with E-state index in [4.69, 9.17) is 11.6 Å². The molecule has 0 saturated carbocycles. The summed E-state index contributed by atoms with van der Waals surface area (Å²) in [5.41, 5.74) is 1.83. The number of hydrogen-bond donors (Lipinski definition) is 2. The first kappa shape index (κ1) is 13.3. The van der Waals surface area contributed by atoms with Crippen LogP contribution in [-0.2, 0) is 6.54 Å². The molecule has 0 aromatic carbocycles. The zero-order chi connectivity index (χ0) is 13.0. The van der Waals surface area contributed by atoms with Crippen molar-refractivity contribution >= 4 is 17.2 Å². The monoisotopic (exact) mass is 267 g/mol. The Balaban J connectivity index is 1.92. The number of nitrogens with zero attached hydrogens (tertiary/aromatic N) is 2. The molecule has 2 heterocycles. The van der Waals surface area contributed by atoms with Crippen LogP contribution in [0.5, 0.6) is 0 Å². The first-order chi connectivity index (χ1) is 8.69. The molecule has 2 rings (SSSR count). The van der Waals surface area contributed by atoms with Crippen molar-refractivity contribution < 1.29 is 5.11 Å².